The fourth-order valence-corrected chi connectivity index (χ4v) is 3.91. The highest BCUT2D eigenvalue weighted by atomic mass is 16.5. The Balaban J connectivity index is 1.56. The van der Waals surface area contributed by atoms with Crippen LogP contribution in [0.2, 0.25) is 0 Å². The number of likely N-dealkylation sites (tertiary alicyclic amines) is 1. The molecular weight excluding hydrogens is 332 g/mol. The van der Waals surface area contributed by atoms with Crippen LogP contribution in [-0.2, 0) is 11.2 Å². The van der Waals surface area contributed by atoms with Crippen LogP contribution < -0.4 is 10.2 Å². The molecule has 0 saturated carbocycles. The molecule has 1 atom stereocenters. The van der Waals surface area contributed by atoms with Crippen molar-refractivity contribution in [2.45, 2.75) is 32.1 Å². The lowest BCUT2D eigenvalue weighted by Gasteiger charge is -2.24. The van der Waals surface area contributed by atoms with E-state index < -0.39 is 6.03 Å². The first-order valence-corrected chi connectivity index (χ1v) is 9.28. The molecule has 2 aliphatic rings. The lowest BCUT2D eigenvalue weighted by Crippen LogP contribution is -2.49. The highest BCUT2D eigenvalue weighted by Gasteiger charge is 2.28. The van der Waals surface area contributed by atoms with Crippen LogP contribution in [0, 0.1) is 5.92 Å². The van der Waals surface area contributed by atoms with E-state index in [4.69, 9.17) is 4.52 Å². The Kier molecular flexibility index (Phi) is 4.63. The van der Waals surface area contributed by atoms with Gasteiger partial charge in [0.1, 0.15) is 0 Å². The van der Waals surface area contributed by atoms with E-state index >= 15 is 0 Å². The first kappa shape index (κ1) is 17.0. The highest BCUT2D eigenvalue weighted by Crippen LogP contribution is 2.30. The Morgan fingerprint density at radius 3 is 2.96 bits per heavy atom. The number of carbonyl (C=O) groups excluding carboxylic acids is 2. The summed E-state index contributed by atoms with van der Waals surface area (Å²) in [5.41, 5.74) is 1.90. The summed E-state index contributed by atoms with van der Waals surface area (Å²) < 4.78 is 5.39. The molecular formula is C19H24N4O3. The monoisotopic (exact) mass is 356 g/mol. The van der Waals surface area contributed by atoms with Gasteiger partial charge in [-0.2, -0.15) is 0 Å². The van der Waals surface area contributed by atoms with Crippen LogP contribution in [0.25, 0.3) is 11.0 Å². The minimum absolute atomic E-state index is 0.252. The number of hydrogen-bond donors (Lipinski definition) is 1. The molecule has 7 heteroatoms. The van der Waals surface area contributed by atoms with E-state index in [1.54, 1.807) is 0 Å². The van der Waals surface area contributed by atoms with Crippen molar-refractivity contribution >= 4 is 28.7 Å². The van der Waals surface area contributed by atoms with Crippen LogP contribution in [0.3, 0.4) is 0 Å². The van der Waals surface area contributed by atoms with Crippen LogP contribution in [0.1, 0.15) is 31.2 Å². The van der Waals surface area contributed by atoms with Crippen molar-refractivity contribution in [2.24, 2.45) is 5.92 Å². The number of amides is 3. The first-order chi connectivity index (χ1) is 12.6. The van der Waals surface area contributed by atoms with Gasteiger partial charge in [-0.25, -0.2) is 4.79 Å². The summed E-state index contributed by atoms with van der Waals surface area (Å²) in [5, 5.41) is 7.25. The number of hydrogen-bond acceptors (Lipinski definition) is 5. The maximum absolute atomic E-state index is 12.1. The molecule has 2 aromatic rings. The quantitative estimate of drug-likeness (QED) is 0.914. The van der Waals surface area contributed by atoms with E-state index in [2.05, 4.69) is 34.6 Å². The summed E-state index contributed by atoms with van der Waals surface area (Å²) in [6.45, 7) is 2.65. The molecule has 7 nitrogen and oxygen atoms in total. The molecule has 1 N–H and O–H groups in total. The van der Waals surface area contributed by atoms with E-state index in [1.807, 2.05) is 6.07 Å². The number of rotatable bonds is 3. The Morgan fingerprint density at radius 1 is 1.23 bits per heavy atom. The molecule has 4 rings (SSSR count). The third-order valence-electron chi connectivity index (χ3n) is 5.42. The van der Waals surface area contributed by atoms with Crippen molar-refractivity contribution < 1.29 is 14.1 Å². The van der Waals surface area contributed by atoms with Gasteiger partial charge in [-0.05, 0) is 69.4 Å². The van der Waals surface area contributed by atoms with Gasteiger partial charge >= 0.3 is 6.03 Å². The van der Waals surface area contributed by atoms with Gasteiger partial charge in [0.25, 0.3) is 0 Å². The van der Waals surface area contributed by atoms with E-state index in [1.165, 1.54) is 36.3 Å². The van der Waals surface area contributed by atoms with Crippen molar-refractivity contribution in [1.29, 1.82) is 0 Å². The molecule has 2 fully saturated rings. The molecule has 0 aliphatic carbocycles. The van der Waals surface area contributed by atoms with E-state index in [0.717, 1.165) is 18.4 Å². The van der Waals surface area contributed by atoms with Crippen molar-refractivity contribution in [3.8, 4) is 0 Å². The number of nitrogens with one attached hydrogen (secondary N) is 1. The van der Waals surface area contributed by atoms with E-state index in [-0.39, 0.29) is 12.3 Å². The summed E-state index contributed by atoms with van der Waals surface area (Å²) >= 11 is 0. The summed E-state index contributed by atoms with van der Waals surface area (Å²) in [6.07, 6.45) is 5.00. The largest absolute Gasteiger partial charge is 0.354 e. The third kappa shape index (κ3) is 3.44. The molecule has 0 bridgehead atoms. The van der Waals surface area contributed by atoms with Gasteiger partial charge in [0.2, 0.25) is 5.91 Å². The maximum Gasteiger partial charge on any atom is 0.329 e. The number of urea groups is 1. The lowest BCUT2D eigenvalue weighted by atomic mass is 9.92. The van der Waals surface area contributed by atoms with Gasteiger partial charge in [0.15, 0.2) is 11.4 Å². The molecule has 0 radical (unpaired) electrons. The van der Waals surface area contributed by atoms with Crippen molar-refractivity contribution in [2.75, 3.05) is 31.6 Å². The average Bonchev–Trinajstić information content (AvgIpc) is 2.91. The number of nitrogens with zero attached hydrogens (tertiary/aromatic N) is 3. The Hall–Kier alpha value is -2.41. The number of benzene rings is 1. The predicted molar refractivity (Wildman–Crippen MR) is 98.1 cm³/mol. The molecule has 2 saturated heterocycles. The summed E-state index contributed by atoms with van der Waals surface area (Å²) in [5.74, 6) is 0.919. The number of fused-ring (bicyclic) bond motifs is 1. The van der Waals surface area contributed by atoms with Crippen molar-refractivity contribution in [3.05, 3.63) is 23.8 Å². The summed E-state index contributed by atoms with van der Waals surface area (Å²) in [4.78, 5) is 27.4. The summed E-state index contributed by atoms with van der Waals surface area (Å²) in [7, 11) is 2.19. The van der Waals surface area contributed by atoms with Gasteiger partial charge < -0.3 is 9.42 Å². The molecule has 3 heterocycles. The smallest absolute Gasteiger partial charge is 0.329 e. The predicted octanol–water partition coefficient (Wildman–Crippen LogP) is 2.55. The first-order valence-electron chi connectivity index (χ1n) is 9.28. The van der Waals surface area contributed by atoms with Gasteiger partial charge in [0.05, 0.1) is 5.39 Å². The average molecular weight is 356 g/mol. The zero-order valence-corrected chi connectivity index (χ0v) is 15.0. The lowest BCUT2D eigenvalue weighted by molar-refractivity contribution is -0.120. The van der Waals surface area contributed by atoms with Crippen LogP contribution in [0.15, 0.2) is 22.7 Å². The van der Waals surface area contributed by atoms with E-state index in [9.17, 15) is 9.59 Å². The molecule has 3 amide bonds. The maximum atomic E-state index is 12.1. The van der Waals surface area contributed by atoms with Gasteiger partial charge in [-0.1, -0.05) is 11.2 Å². The molecule has 26 heavy (non-hydrogen) atoms. The molecule has 2 aliphatic heterocycles. The second kappa shape index (κ2) is 7.07. The van der Waals surface area contributed by atoms with Crippen molar-refractivity contribution in [1.82, 2.24) is 15.4 Å². The standard InChI is InChI=1S/C19H24N4O3/c1-22-8-2-3-13(6-9-22)11-14-4-5-16-15(12-14)18(21-26-16)23-10-7-17(24)20-19(23)25/h4-5,12-13H,2-3,6-11H2,1H3,(H,20,24,25). The SMILES string of the molecule is CN1CCCC(Cc2ccc3onc(N4CCC(=O)NC4=O)c3c2)CC1. The second-order valence-corrected chi connectivity index (χ2v) is 7.40. The number of imide groups is 1. The van der Waals surface area contributed by atoms with Gasteiger partial charge in [0, 0.05) is 13.0 Å². The Morgan fingerprint density at radius 2 is 2.12 bits per heavy atom. The number of carbonyl (C=O) groups is 2. The van der Waals surface area contributed by atoms with Crippen LogP contribution in [0.4, 0.5) is 10.6 Å². The second-order valence-electron chi connectivity index (χ2n) is 7.40. The third-order valence-corrected chi connectivity index (χ3v) is 5.42. The Labute approximate surface area is 152 Å². The molecule has 0 spiro atoms. The van der Waals surface area contributed by atoms with Crippen LogP contribution >= 0.6 is 0 Å². The topological polar surface area (TPSA) is 78.7 Å². The minimum Gasteiger partial charge on any atom is -0.354 e. The molecule has 138 valence electrons. The van der Waals surface area contributed by atoms with Crippen LogP contribution in [0.5, 0.6) is 0 Å². The normalized spacial score (nSPS) is 22.5. The highest BCUT2D eigenvalue weighted by molar-refractivity contribution is 6.08. The molecule has 1 aromatic heterocycles. The number of anilines is 1. The van der Waals surface area contributed by atoms with E-state index in [0.29, 0.717) is 23.9 Å². The van der Waals surface area contributed by atoms with Gasteiger partial charge in [-0.15, -0.1) is 0 Å². The van der Waals surface area contributed by atoms with Crippen LogP contribution in [-0.4, -0.2) is 48.7 Å². The fourth-order valence-electron chi connectivity index (χ4n) is 3.91. The fraction of sp³-hybridized carbons (Fsp3) is 0.526. The summed E-state index contributed by atoms with van der Waals surface area (Å²) in [6, 6.07) is 5.66. The minimum atomic E-state index is -0.436. The van der Waals surface area contributed by atoms with Gasteiger partial charge in [-0.3, -0.25) is 15.0 Å². The molecule has 1 unspecified atom stereocenters. The number of aromatic nitrogens is 1. The zero-order valence-electron chi connectivity index (χ0n) is 15.0. The Bertz CT molecular complexity index is 831. The molecule has 1 aromatic carbocycles. The zero-order chi connectivity index (χ0) is 18.1. The van der Waals surface area contributed by atoms with Crippen molar-refractivity contribution in [3.63, 3.8) is 0 Å².